The fourth-order valence-corrected chi connectivity index (χ4v) is 10.2. The number of nitrogens with one attached hydrogen (secondary N) is 1. The predicted molar refractivity (Wildman–Crippen MR) is 153 cm³/mol. The lowest BCUT2D eigenvalue weighted by molar-refractivity contribution is 0.220. The SMILES string of the molecule is C[C@@H](CO[Si](c1ccccc1)(c1ccccc1)C(C)(C)C)[C@@H](NS(=O)C(C)(C)C)c1ccccc1. The Morgan fingerprint density at radius 2 is 1.20 bits per heavy atom. The predicted octanol–water partition coefficient (Wildman–Crippen LogP) is 5.99. The molecule has 188 valence electrons. The van der Waals surface area contributed by atoms with Gasteiger partial charge in [0.25, 0.3) is 8.32 Å². The van der Waals surface area contributed by atoms with Gasteiger partial charge in [0.1, 0.15) is 0 Å². The summed E-state index contributed by atoms with van der Waals surface area (Å²) in [7, 11) is -3.84. The molecule has 0 fully saturated rings. The molecular weight excluding hydrogens is 466 g/mol. The summed E-state index contributed by atoms with van der Waals surface area (Å²) in [5, 5.41) is 2.46. The van der Waals surface area contributed by atoms with E-state index in [0.29, 0.717) is 6.61 Å². The van der Waals surface area contributed by atoms with E-state index in [1.54, 1.807) is 0 Å². The van der Waals surface area contributed by atoms with E-state index in [2.05, 4.69) is 105 Å². The number of benzene rings is 3. The van der Waals surface area contributed by atoms with Crippen molar-refractivity contribution in [3.05, 3.63) is 96.6 Å². The van der Waals surface area contributed by atoms with E-state index < -0.39 is 19.3 Å². The molecule has 0 spiro atoms. The highest BCUT2D eigenvalue weighted by Gasteiger charge is 2.50. The van der Waals surface area contributed by atoms with Crippen LogP contribution in [0.1, 0.15) is 60.1 Å². The highest BCUT2D eigenvalue weighted by Crippen LogP contribution is 2.37. The van der Waals surface area contributed by atoms with Gasteiger partial charge < -0.3 is 4.43 Å². The first-order valence-corrected chi connectivity index (χ1v) is 15.5. The van der Waals surface area contributed by atoms with Gasteiger partial charge in [-0.2, -0.15) is 0 Å². The van der Waals surface area contributed by atoms with Crippen molar-refractivity contribution in [3.63, 3.8) is 0 Å². The lowest BCUT2D eigenvalue weighted by Gasteiger charge is -2.44. The van der Waals surface area contributed by atoms with Crippen molar-refractivity contribution < 1.29 is 8.63 Å². The molecule has 0 heterocycles. The van der Waals surface area contributed by atoms with Gasteiger partial charge in [0.15, 0.2) is 0 Å². The highest BCUT2D eigenvalue weighted by molar-refractivity contribution is 7.84. The molecule has 0 aliphatic carbocycles. The molecule has 3 aromatic carbocycles. The fourth-order valence-electron chi connectivity index (χ4n) is 4.58. The van der Waals surface area contributed by atoms with Crippen molar-refractivity contribution >= 4 is 29.7 Å². The Kier molecular flexibility index (Phi) is 8.92. The van der Waals surface area contributed by atoms with Gasteiger partial charge in [0, 0.05) is 12.6 Å². The maximum absolute atomic E-state index is 13.1. The Morgan fingerprint density at radius 1 is 0.771 bits per heavy atom. The van der Waals surface area contributed by atoms with E-state index in [-0.39, 0.29) is 21.7 Å². The van der Waals surface area contributed by atoms with Crippen LogP contribution in [0.4, 0.5) is 0 Å². The first kappa shape index (κ1) is 27.5. The van der Waals surface area contributed by atoms with Crippen LogP contribution in [0.3, 0.4) is 0 Å². The monoisotopic (exact) mass is 507 g/mol. The molecule has 0 amide bonds. The Bertz CT molecular complexity index is 1040. The summed E-state index contributed by atoms with van der Waals surface area (Å²) in [6.45, 7) is 15.6. The normalized spacial score (nSPS) is 15.4. The van der Waals surface area contributed by atoms with Gasteiger partial charge in [-0.25, -0.2) is 8.93 Å². The van der Waals surface area contributed by atoms with Crippen molar-refractivity contribution in [2.24, 2.45) is 5.92 Å². The molecule has 0 bridgehead atoms. The number of rotatable bonds is 9. The first-order valence-electron chi connectivity index (χ1n) is 12.4. The average molecular weight is 508 g/mol. The van der Waals surface area contributed by atoms with Crippen LogP contribution in [0, 0.1) is 5.92 Å². The van der Waals surface area contributed by atoms with Crippen LogP contribution in [-0.4, -0.2) is 23.9 Å². The van der Waals surface area contributed by atoms with Crippen molar-refractivity contribution in [1.29, 1.82) is 0 Å². The van der Waals surface area contributed by atoms with Crippen LogP contribution in [-0.2, 0) is 15.4 Å². The zero-order valence-corrected chi connectivity index (χ0v) is 24.1. The van der Waals surface area contributed by atoms with E-state index in [9.17, 15) is 4.21 Å². The summed E-state index contributed by atoms with van der Waals surface area (Å²) in [6, 6.07) is 31.7. The molecule has 3 rings (SSSR count). The lowest BCUT2D eigenvalue weighted by Crippen LogP contribution is -2.67. The van der Waals surface area contributed by atoms with Crippen molar-refractivity contribution in [3.8, 4) is 0 Å². The van der Waals surface area contributed by atoms with Crippen LogP contribution in [0.2, 0.25) is 5.04 Å². The molecule has 0 radical (unpaired) electrons. The van der Waals surface area contributed by atoms with Gasteiger partial charge in [-0.3, -0.25) is 0 Å². The second kappa shape index (κ2) is 11.3. The van der Waals surface area contributed by atoms with E-state index >= 15 is 0 Å². The largest absolute Gasteiger partial charge is 0.407 e. The van der Waals surface area contributed by atoms with Crippen molar-refractivity contribution in [2.45, 2.75) is 64.3 Å². The maximum Gasteiger partial charge on any atom is 0.261 e. The van der Waals surface area contributed by atoms with Gasteiger partial charge in [-0.15, -0.1) is 0 Å². The molecule has 1 unspecified atom stereocenters. The van der Waals surface area contributed by atoms with Gasteiger partial charge in [0.2, 0.25) is 0 Å². The molecular formula is C30H41NO2SSi. The van der Waals surface area contributed by atoms with Crippen LogP contribution < -0.4 is 15.1 Å². The number of hydrogen-bond donors (Lipinski definition) is 1. The topological polar surface area (TPSA) is 38.3 Å². The molecule has 0 saturated carbocycles. The van der Waals surface area contributed by atoms with Crippen LogP contribution in [0.15, 0.2) is 91.0 Å². The third-order valence-electron chi connectivity index (χ3n) is 6.50. The summed E-state index contributed by atoms with van der Waals surface area (Å²) in [5.74, 6) is 0.102. The molecule has 1 N–H and O–H groups in total. The van der Waals surface area contributed by atoms with Crippen molar-refractivity contribution in [1.82, 2.24) is 4.72 Å². The Hall–Kier alpha value is -2.05. The molecule has 0 saturated heterocycles. The van der Waals surface area contributed by atoms with Gasteiger partial charge in [-0.05, 0) is 47.7 Å². The van der Waals surface area contributed by atoms with Crippen LogP contribution in [0.5, 0.6) is 0 Å². The second-order valence-corrected chi connectivity index (χ2v) is 17.6. The molecule has 0 aromatic heterocycles. The molecule has 3 atom stereocenters. The zero-order valence-electron chi connectivity index (χ0n) is 22.2. The maximum atomic E-state index is 13.1. The molecule has 3 nitrogen and oxygen atoms in total. The quantitative estimate of drug-likeness (QED) is 0.361. The summed E-state index contributed by atoms with van der Waals surface area (Å²) in [4.78, 5) is 0. The second-order valence-electron chi connectivity index (χ2n) is 11.3. The molecule has 0 aliphatic heterocycles. The van der Waals surface area contributed by atoms with E-state index in [0.717, 1.165) is 5.56 Å². The fraction of sp³-hybridized carbons (Fsp3) is 0.400. The first-order chi connectivity index (χ1) is 16.5. The summed E-state index contributed by atoms with van der Waals surface area (Å²) >= 11 is 0. The zero-order chi connectivity index (χ0) is 25.7. The molecule has 3 aromatic rings. The number of hydrogen-bond acceptors (Lipinski definition) is 2. The smallest absolute Gasteiger partial charge is 0.261 e. The van der Waals surface area contributed by atoms with Crippen LogP contribution >= 0.6 is 0 Å². The Morgan fingerprint density at radius 3 is 1.60 bits per heavy atom. The molecule has 35 heavy (non-hydrogen) atoms. The average Bonchev–Trinajstić information content (AvgIpc) is 2.83. The molecule has 0 aliphatic rings. The van der Waals surface area contributed by atoms with E-state index in [1.807, 2.05) is 39.0 Å². The van der Waals surface area contributed by atoms with Gasteiger partial charge in [0.05, 0.1) is 15.7 Å². The summed E-state index contributed by atoms with van der Waals surface area (Å²) in [5.41, 5.74) is 1.13. The minimum atomic E-state index is -2.64. The third kappa shape index (κ3) is 6.39. The van der Waals surface area contributed by atoms with Crippen molar-refractivity contribution in [2.75, 3.05) is 6.61 Å². The minimum Gasteiger partial charge on any atom is -0.407 e. The van der Waals surface area contributed by atoms with Gasteiger partial charge in [-0.1, -0.05) is 119 Å². The van der Waals surface area contributed by atoms with E-state index in [4.69, 9.17) is 4.43 Å². The van der Waals surface area contributed by atoms with Gasteiger partial charge >= 0.3 is 0 Å². The lowest BCUT2D eigenvalue weighted by atomic mass is 9.96. The van der Waals surface area contributed by atoms with Crippen LogP contribution in [0.25, 0.3) is 0 Å². The standard InChI is InChI=1S/C30H41NO2SSi/c1-24(28(25-17-11-8-12-18-25)31-34(32)29(2,3)4)23-33-35(30(5,6)7,26-19-13-9-14-20-26)27-21-15-10-16-22-27/h8-22,24,28,31H,23H2,1-7H3/t24-,28+,34?/m0/s1. The third-order valence-corrected chi connectivity index (χ3v) is 13.1. The van der Waals surface area contributed by atoms with E-state index in [1.165, 1.54) is 10.4 Å². The minimum absolute atomic E-state index is 0.0840. The summed E-state index contributed by atoms with van der Waals surface area (Å²) in [6.07, 6.45) is 0. The summed E-state index contributed by atoms with van der Waals surface area (Å²) < 4.78 is 23.4. The highest BCUT2D eigenvalue weighted by atomic mass is 32.2. The molecule has 5 heteroatoms. The Balaban J connectivity index is 2.01. The Labute approximate surface area is 216 Å².